The SMILES string of the molecule is Cc1cccc2c1-c1nc-2nc2[n-]c(nc3nc(nc4[n-]c(n1)c1cccc(C)c41)-c1cccc(C)c1-3)c1cccc(C)c21.[O]=[V+2]. The molecule has 0 unspecified atom stereocenters. The van der Waals surface area contributed by atoms with E-state index in [-0.39, 0.29) is 0 Å². The van der Waals surface area contributed by atoms with E-state index in [0.29, 0.717) is 45.9 Å². The predicted octanol–water partition coefficient (Wildman–Crippen LogP) is 7.24. The molecule has 0 amide bonds. The average molecular weight is 636 g/mol. The zero-order valence-corrected chi connectivity index (χ0v) is 26.8. The van der Waals surface area contributed by atoms with E-state index in [1.54, 1.807) is 0 Å². The van der Waals surface area contributed by atoms with Gasteiger partial charge < -0.3 is 29.9 Å². The fourth-order valence-corrected chi connectivity index (χ4v) is 6.54. The number of rotatable bonds is 0. The summed E-state index contributed by atoms with van der Waals surface area (Å²) in [4.78, 5) is 40.3. The number of benzene rings is 4. The Morgan fingerprint density at radius 2 is 0.804 bits per heavy atom. The maximum atomic E-state index is 8.19. The first-order valence-electron chi connectivity index (χ1n) is 14.7. The van der Waals surface area contributed by atoms with Crippen molar-refractivity contribution in [2.24, 2.45) is 0 Å². The van der Waals surface area contributed by atoms with Crippen LogP contribution >= 0.6 is 0 Å². The van der Waals surface area contributed by atoms with Gasteiger partial charge in [-0.25, -0.2) is 9.97 Å². The summed E-state index contributed by atoms with van der Waals surface area (Å²) in [5.74, 6) is 2.28. The molecule has 7 aromatic rings. The van der Waals surface area contributed by atoms with Crippen LogP contribution < -0.4 is 9.97 Å². The number of hydrogen-bond donors (Lipinski definition) is 0. The molecule has 2 aliphatic heterocycles. The first-order chi connectivity index (χ1) is 22.4. The van der Waals surface area contributed by atoms with E-state index in [2.05, 4.69) is 52.0 Å². The first kappa shape index (κ1) is 28.1. The molecule has 3 aromatic heterocycles. The van der Waals surface area contributed by atoms with Gasteiger partial charge in [-0.15, -0.1) is 0 Å². The van der Waals surface area contributed by atoms with Crippen LogP contribution in [-0.2, 0) is 21.0 Å². The van der Waals surface area contributed by atoms with E-state index >= 15 is 0 Å². The van der Waals surface area contributed by atoms with E-state index in [1.807, 2.05) is 48.5 Å². The molecule has 0 saturated heterocycles. The van der Waals surface area contributed by atoms with Gasteiger partial charge in [-0.05, 0) is 71.5 Å². The molecule has 10 heteroatoms. The van der Waals surface area contributed by atoms with E-state index < -0.39 is 0 Å². The number of fused-ring (bicyclic) bond motifs is 20. The molecule has 0 atom stereocenters. The van der Waals surface area contributed by atoms with Gasteiger partial charge in [-0.1, -0.05) is 72.8 Å². The minimum atomic E-state index is 0.565. The van der Waals surface area contributed by atoms with Crippen molar-refractivity contribution in [3.05, 3.63) is 95.1 Å². The molecule has 46 heavy (non-hydrogen) atoms. The van der Waals surface area contributed by atoms with Crippen LogP contribution in [0.15, 0.2) is 72.8 Å². The second-order valence-corrected chi connectivity index (χ2v) is 11.5. The molecule has 0 aliphatic carbocycles. The molecule has 4 aromatic carbocycles. The predicted molar refractivity (Wildman–Crippen MR) is 174 cm³/mol. The van der Waals surface area contributed by atoms with Crippen molar-refractivity contribution < 1.29 is 21.0 Å². The first-order valence-corrected chi connectivity index (χ1v) is 15.3. The standard InChI is InChI=1S/C36H24N8.O.V/c1-17-9-5-13-21-25(17)33-37-29(21)42-34-27-19(3)11-7-15-23(27)31(39-34)44-36-28-20(4)12-8-16-24(28)32(40-36)43-35-26-18(2)10-6-14-22(26)30(38-35)41-33;;/h5-16H,1-4H3;;/q-2;;+2. The molecule has 0 saturated carbocycles. The van der Waals surface area contributed by atoms with Crippen molar-refractivity contribution in [2.45, 2.75) is 27.7 Å². The molecule has 219 valence electrons. The number of hydrogen-bond acceptors (Lipinski definition) is 7. The zero-order valence-electron chi connectivity index (χ0n) is 25.4. The van der Waals surface area contributed by atoms with Crippen LogP contribution in [0.5, 0.6) is 0 Å². The Kier molecular flexibility index (Phi) is 6.49. The van der Waals surface area contributed by atoms with Crippen LogP contribution in [0.25, 0.3) is 89.7 Å². The third-order valence-electron chi connectivity index (χ3n) is 8.64. The normalized spacial score (nSPS) is 11.7. The topological polar surface area (TPSA) is 123 Å². The van der Waals surface area contributed by atoms with Crippen LogP contribution in [0.4, 0.5) is 0 Å². The third kappa shape index (κ3) is 4.16. The number of aromatic nitrogens is 8. The molecule has 0 spiro atoms. The van der Waals surface area contributed by atoms with E-state index in [4.69, 9.17) is 43.5 Å². The Labute approximate surface area is 272 Å². The van der Waals surface area contributed by atoms with E-state index in [9.17, 15) is 0 Å². The monoisotopic (exact) mass is 635 g/mol. The molecular weight excluding hydrogens is 611 g/mol. The maximum absolute atomic E-state index is 8.19. The van der Waals surface area contributed by atoms with Gasteiger partial charge in [0, 0.05) is 44.8 Å². The summed E-state index contributed by atoms with van der Waals surface area (Å²) >= 11 is 1.06. The van der Waals surface area contributed by atoms with Crippen LogP contribution in [0, 0.1) is 27.7 Å². The quantitative estimate of drug-likeness (QED) is 0.170. The Morgan fingerprint density at radius 3 is 1.24 bits per heavy atom. The Hall–Kier alpha value is -5.38. The third-order valence-corrected chi connectivity index (χ3v) is 8.64. The van der Waals surface area contributed by atoms with E-state index in [1.165, 1.54) is 0 Å². The van der Waals surface area contributed by atoms with Gasteiger partial charge in [0.15, 0.2) is 0 Å². The Bertz CT molecular complexity index is 2410. The van der Waals surface area contributed by atoms with Crippen LogP contribution in [0.1, 0.15) is 22.3 Å². The molecule has 5 heterocycles. The molecule has 9 nitrogen and oxygen atoms in total. The summed E-state index contributed by atoms with van der Waals surface area (Å²) in [5.41, 5.74) is 10.2. The van der Waals surface area contributed by atoms with Crippen LogP contribution in [0.3, 0.4) is 0 Å². The molecular formula is C36H24N8OV. The second kappa shape index (κ2) is 10.6. The van der Waals surface area contributed by atoms with Crippen molar-refractivity contribution in [1.82, 2.24) is 39.9 Å². The molecule has 0 fully saturated rings. The summed E-state index contributed by atoms with van der Waals surface area (Å²) < 4.78 is 8.19. The summed E-state index contributed by atoms with van der Waals surface area (Å²) in [6.07, 6.45) is 0. The van der Waals surface area contributed by atoms with Gasteiger partial charge in [0.2, 0.25) is 0 Å². The van der Waals surface area contributed by atoms with Gasteiger partial charge in [0.1, 0.15) is 0 Å². The van der Waals surface area contributed by atoms with Gasteiger partial charge >= 0.3 is 21.0 Å². The van der Waals surface area contributed by atoms with Gasteiger partial charge in [-0.3, -0.25) is 0 Å². The fraction of sp³-hybridized carbons (Fsp3) is 0.111. The van der Waals surface area contributed by atoms with Gasteiger partial charge in [-0.2, -0.15) is 0 Å². The minimum absolute atomic E-state index is 0.565. The molecule has 0 radical (unpaired) electrons. The molecule has 8 bridgehead atoms. The Morgan fingerprint density at radius 1 is 0.435 bits per heavy atom. The van der Waals surface area contributed by atoms with E-state index in [0.717, 1.165) is 83.4 Å². The van der Waals surface area contributed by atoms with Gasteiger partial charge in [0.25, 0.3) is 0 Å². The number of aryl methyl sites for hydroxylation is 4. The van der Waals surface area contributed by atoms with Crippen molar-refractivity contribution in [3.8, 4) is 45.6 Å². The molecule has 9 rings (SSSR count). The van der Waals surface area contributed by atoms with Crippen LogP contribution in [0.2, 0.25) is 0 Å². The van der Waals surface area contributed by atoms with Crippen molar-refractivity contribution in [1.29, 1.82) is 0 Å². The summed E-state index contributed by atoms with van der Waals surface area (Å²) in [6, 6.07) is 24.5. The van der Waals surface area contributed by atoms with Crippen molar-refractivity contribution in [3.63, 3.8) is 0 Å². The zero-order chi connectivity index (χ0) is 31.7. The number of nitrogens with zero attached hydrogens (tertiary/aromatic N) is 8. The summed E-state index contributed by atoms with van der Waals surface area (Å²) in [7, 11) is 0. The average Bonchev–Trinajstić information content (AvgIpc) is 3.79. The van der Waals surface area contributed by atoms with Crippen LogP contribution in [-0.4, -0.2) is 29.9 Å². The summed E-state index contributed by atoms with van der Waals surface area (Å²) in [6.45, 7) is 8.28. The summed E-state index contributed by atoms with van der Waals surface area (Å²) in [5, 5.41) is 3.71. The molecule has 2 aliphatic rings. The Balaban J connectivity index is 0.00000153. The van der Waals surface area contributed by atoms with Crippen molar-refractivity contribution >= 4 is 44.1 Å². The van der Waals surface area contributed by atoms with Gasteiger partial charge in [0.05, 0.1) is 23.3 Å². The van der Waals surface area contributed by atoms with Crippen molar-refractivity contribution in [2.75, 3.05) is 0 Å². The fourth-order valence-electron chi connectivity index (χ4n) is 6.54. The molecule has 0 N–H and O–H groups in total. The second-order valence-electron chi connectivity index (χ2n) is 11.5.